The van der Waals surface area contributed by atoms with Crippen LogP contribution in [0.2, 0.25) is 5.02 Å². The van der Waals surface area contributed by atoms with E-state index in [0.29, 0.717) is 0 Å². The lowest BCUT2D eigenvalue weighted by molar-refractivity contribution is 0.0855. The minimum absolute atomic E-state index is 0.158. The summed E-state index contributed by atoms with van der Waals surface area (Å²) in [5, 5.41) is 8.10. The van der Waals surface area contributed by atoms with Crippen LogP contribution in [-0.2, 0) is 4.84 Å². The van der Waals surface area contributed by atoms with E-state index in [9.17, 15) is 0 Å². The van der Waals surface area contributed by atoms with Gasteiger partial charge in [0.25, 0.3) is 0 Å². The van der Waals surface area contributed by atoms with E-state index in [0.717, 1.165) is 35.8 Å². The van der Waals surface area contributed by atoms with E-state index in [1.165, 1.54) is 0 Å². The highest BCUT2D eigenvalue weighted by Crippen LogP contribution is 2.18. The maximum Gasteiger partial charge on any atom is 0.145 e. The molecule has 16 heavy (non-hydrogen) atoms. The zero-order chi connectivity index (χ0) is 11.4. The molecule has 3 nitrogen and oxygen atoms in total. The predicted octanol–water partition coefficient (Wildman–Crippen LogP) is 2.44. The van der Waals surface area contributed by atoms with Gasteiger partial charge in [0, 0.05) is 18.0 Å². The van der Waals surface area contributed by atoms with Crippen molar-refractivity contribution < 1.29 is 4.84 Å². The number of nitrogens with zero attached hydrogens (tertiary/aromatic N) is 1. The van der Waals surface area contributed by atoms with Gasteiger partial charge in [-0.2, -0.15) is 0 Å². The van der Waals surface area contributed by atoms with Gasteiger partial charge in [-0.3, -0.25) is 0 Å². The van der Waals surface area contributed by atoms with Crippen LogP contribution in [0.4, 0.5) is 0 Å². The lowest BCUT2D eigenvalue weighted by atomic mass is 10.1. The zero-order valence-electron chi connectivity index (χ0n) is 9.24. The fourth-order valence-corrected chi connectivity index (χ4v) is 1.78. The van der Waals surface area contributed by atoms with Gasteiger partial charge in [-0.1, -0.05) is 35.8 Å². The largest absolute Gasteiger partial charge is 0.390 e. The van der Waals surface area contributed by atoms with Crippen molar-refractivity contribution in [2.24, 2.45) is 5.16 Å². The third-order valence-corrected chi connectivity index (χ3v) is 2.78. The molecule has 1 aromatic carbocycles. The van der Waals surface area contributed by atoms with Crippen molar-refractivity contribution >= 4 is 17.3 Å². The first kappa shape index (κ1) is 11.4. The van der Waals surface area contributed by atoms with E-state index >= 15 is 0 Å². The molecule has 1 N–H and O–H groups in total. The maximum absolute atomic E-state index is 5.83. The minimum atomic E-state index is 0.158. The summed E-state index contributed by atoms with van der Waals surface area (Å²) in [6.07, 6.45) is 1.01. The fraction of sp³-hybridized carbons (Fsp3) is 0.417. The SMILES string of the molecule is CCNCC1CC(c2ccc(Cl)cc2)=NO1. The third-order valence-electron chi connectivity index (χ3n) is 2.53. The Morgan fingerprint density at radius 3 is 2.88 bits per heavy atom. The number of rotatable bonds is 4. The van der Waals surface area contributed by atoms with E-state index < -0.39 is 0 Å². The molecule has 1 aromatic rings. The molecule has 1 heterocycles. The number of likely N-dealkylation sites (N-methyl/N-ethyl adjacent to an activating group) is 1. The van der Waals surface area contributed by atoms with Crippen LogP contribution in [0.25, 0.3) is 0 Å². The molecule has 0 aliphatic carbocycles. The first-order valence-corrected chi connectivity index (χ1v) is 5.86. The number of oxime groups is 1. The summed E-state index contributed by atoms with van der Waals surface area (Å²) in [6, 6.07) is 7.69. The molecule has 0 amide bonds. The first-order chi connectivity index (χ1) is 7.79. The average molecular weight is 239 g/mol. The summed E-state index contributed by atoms with van der Waals surface area (Å²) in [5.41, 5.74) is 2.09. The maximum atomic E-state index is 5.83. The van der Waals surface area contributed by atoms with Gasteiger partial charge in [0.1, 0.15) is 6.10 Å². The van der Waals surface area contributed by atoms with Crippen LogP contribution in [0, 0.1) is 0 Å². The fourth-order valence-electron chi connectivity index (χ4n) is 1.66. The Labute approximate surface area is 100 Å². The van der Waals surface area contributed by atoms with Gasteiger partial charge < -0.3 is 10.2 Å². The first-order valence-electron chi connectivity index (χ1n) is 5.49. The summed E-state index contributed by atoms with van der Waals surface area (Å²) >= 11 is 5.83. The molecule has 86 valence electrons. The van der Waals surface area contributed by atoms with Gasteiger partial charge in [-0.15, -0.1) is 0 Å². The highest BCUT2D eigenvalue weighted by Gasteiger charge is 2.21. The minimum Gasteiger partial charge on any atom is -0.390 e. The Bertz CT molecular complexity index is 375. The van der Waals surface area contributed by atoms with Crippen LogP contribution in [0.1, 0.15) is 18.9 Å². The molecule has 4 heteroatoms. The molecule has 0 radical (unpaired) electrons. The van der Waals surface area contributed by atoms with E-state index in [4.69, 9.17) is 16.4 Å². The van der Waals surface area contributed by atoms with Crippen LogP contribution in [-0.4, -0.2) is 24.9 Å². The monoisotopic (exact) mass is 238 g/mol. The summed E-state index contributed by atoms with van der Waals surface area (Å²) in [4.78, 5) is 5.34. The molecule has 1 atom stereocenters. The lowest BCUT2D eigenvalue weighted by Crippen LogP contribution is -2.26. The molecule has 1 unspecified atom stereocenters. The molecule has 0 saturated carbocycles. The van der Waals surface area contributed by atoms with Gasteiger partial charge in [-0.25, -0.2) is 0 Å². The van der Waals surface area contributed by atoms with Crippen molar-refractivity contribution in [3.05, 3.63) is 34.9 Å². The Balaban J connectivity index is 1.95. The quantitative estimate of drug-likeness (QED) is 0.874. The van der Waals surface area contributed by atoms with Crippen molar-refractivity contribution in [2.75, 3.05) is 13.1 Å². The smallest absolute Gasteiger partial charge is 0.145 e. The lowest BCUT2D eigenvalue weighted by Gasteiger charge is -2.07. The Kier molecular flexibility index (Phi) is 3.80. The highest BCUT2D eigenvalue weighted by molar-refractivity contribution is 6.30. The molecule has 0 fully saturated rings. The number of hydrogen-bond acceptors (Lipinski definition) is 3. The Morgan fingerprint density at radius 1 is 1.44 bits per heavy atom. The molecule has 0 aromatic heterocycles. The molecule has 2 rings (SSSR count). The van der Waals surface area contributed by atoms with E-state index in [-0.39, 0.29) is 6.10 Å². The van der Waals surface area contributed by atoms with Crippen LogP contribution >= 0.6 is 11.6 Å². The van der Waals surface area contributed by atoms with Crippen LogP contribution < -0.4 is 5.32 Å². The van der Waals surface area contributed by atoms with Crippen LogP contribution in [0.5, 0.6) is 0 Å². The van der Waals surface area contributed by atoms with Crippen molar-refractivity contribution in [1.29, 1.82) is 0 Å². The predicted molar refractivity (Wildman–Crippen MR) is 66.0 cm³/mol. The summed E-state index contributed by atoms with van der Waals surface area (Å²) in [5.74, 6) is 0. The normalized spacial score (nSPS) is 19.4. The van der Waals surface area contributed by atoms with Crippen molar-refractivity contribution in [3.8, 4) is 0 Å². The summed E-state index contributed by atoms with van der Waals surface area (Å²) in [7, 11) is 0. The number of nitrogens with one attached hydrogen (secondary N) is 1. The number of benzene rings is 1. The number of hydrogen-bond donors (Lipinski definition) is 1. The zero-order valence-corrected chi connectivity index (χ0v) is 10.00. The van der Waals surface area contributed by atoms with Crippen molar-refractivity contribution in [2.45, 2.75) is 19.4 Å². The molecule has 0 spiro atoms. The summed E-state index contributed by atoms with van der Waals surface area (Å²) in [6.45, 7) is 3.88. The highest BCUT2D eigenvalue weighted by atomic mass is 35.5. The van der Waals surface area contributed by atoms with Gasteiger partial charge in [-0.05, 0) is 24.2 Å². The van der Waals surface area contributed by atoms with Crippen LogP contribution in [0.15, 0.2) is 29.4 Å². The van der Waals surface area contributed by atoms with Crippen molar-refractivity contribution in [3.63, 3.8) is 0 Å². The van der Waals surface area contributed by atoms with Gasteiger partial charge in [0.15, 0.2) is 0 Å². The summed E-state index contributed by atoms with van der Waals surface area (Å²) < 4.78 is 0. The van der Waals surface area contributed by atoms with Gasteiger partial charge >= 0.3 is 0 Å². The second kappa shape index (κ2) is 5.32. The standard InChI is InChI=1S/C12H15ClN2O/c1-2-14-8-11-7-12(15-16-11)9-3-5-10(13)6-4-9/h3-6,11,14H,2,7-8H2,1H3. The molecular formula is C12H15ClN2O. The Hall–Kier alpha value is -1.06. The average Bonchev–Trinajstić information content (AvgIpc) is 2.76. The van der Waals surface area contributed by atoms with Gasteiger partial charge in [0.05, 0.1) is 5.71 Å². The van der Waals surface area contributed by atoms with Crippen molar-refractivity contribution in [1.82, 2.24) is 5.32 Å². The topological polar surface area (TPSA) is 33.6 Å². The Morgan fingerprint density at radius 2 is 2.19 bits per heavy atom. The third kappa shape index (κ3) is 2.74. The second-order valence-electron chi connectivity index (χ2n) is 3.78. The van der Waals surface area contributed by atoms with Crippen LogP contribution in [0.3, 0.4) is 0 Å². The second-order valence-corrected chi connectivity index (χ2v) is 4.22. The number of halogens is 1. The molecular weight excluding hydrogens is 224 g/mol. The molecule has 1 aliphatic heterocycles. The van der Waals surface area contributed by atoms with Gasteiger partial charge in [0.2, 0.25) is 0 Å². The van der Waals surface area contributed by atoms with E-state index in [1.807, 2.05) is 24.3 Å². The molecule has 1 aliphatic rings. The van der Waals surface area contributed by atoms with E-state index in [2.05, 4.69) is 17.4 Å². The molecule has 0 bridgehead atoms. The molecule has 0 saturated heterocycles. The van der Waals surface area contributed by atoms with E-state index in [1.54, 1.807) is 0 Å².